The van der Waals surface area contributed by atoms with Crippen LogP contribution in [0.1, 0.15) is 119 Å². The van der Waals surface area contributed by atoms with Gasteiger partial charge in [0.05, 0.1) is 0 Å². The molecule has 2 atom stereocenters. The van der Waals surface area contributed by atoms with E-state index in [1.165, 1.54) is 64.2 Å². The van der Waals surface area contributed by atoms with E-state index in [2.05, 4.69) is 41.5 Å². The quantitative estimate of drug-likeness (QED) is 0.173. The molecule has 2 nitrogen and oxygen atoms in total. The van der Waals surface area contributed by atoms with Crippen molar-refractivity contribution in [2.75, 3.05) is 13.2 Å². The molecule has 0 saturated carbocycles. The summed E-state index contributed by atoms with van der Waals surface area (Å²) in [5.74, 6) is 1.12. The first-order valence-electron chi connectivity index (χ1n) is 12.0. The molecule has 2 radical (unpaired) electrons. The van der Waals surface area contributed by atoms with E-state index in [9.17, 15) is 0 Å². The van der Waals surface area contributed by atoms with Gasteiger partial charge in [0.2, 0.25) is 0 Å². The second kappa shape index (κ2) is 31.4. The zero-order chi connectivity index (χ0) is 21.2. The molecular weight excluding hydrogens is 439 g/mol. The fourth-order valence-electron chi connectivity index (χ4n) is 2.56. The van der Waals surface area contributed by atoms with Crippen molar-refractivity contribution in [2.24, 2.45) is 11.8 Å². The maximum atomic E-state index is 8.75. The van der Waals surface area contributed by atoms with Crippen LogP contribution < -0.4 is 0 Å². The van der Waals surface area contributed by atoms with Gasteiger partial charge in [0.15, 0.2) is 0 Å². The van der Waals surface area contributed by atoms with Crippen LogP contribution in [0.15, 0.2) is 0 Å². The molecule has 0 aromatic carbocycles. The molecule has 166 valence electrons. The van der Waals surface area contributed by atoms with E-state index in [1.807, 2.05) is 0 Å². The van der Waals surface area contributed by atoms with Crippen LogP contribution >= 0.6 is 0 Å². The molecule has 0 aromatic rings. The Morgan fingerprint density at radius 1 is 0.556 bits per heavy atom. The second-order valence-corrected chi connectivity index (χ2v) is 11.9. The first-order valence-corrected chi connectivity index (χ1v) is 16.1. The van der Waals surface area contributed by atoms with Gasteiger partial charge >= 0.3 is 69.5 Å². The SMILES string of the molecule is CCCCC(CC)CO.CCCCC(CC)CO.CCC[CH2][Sn][CH2]CCC. The van der Waals surface area contributed by atoms with E-state index < -0.39 is 0 Å². The third-order valence-corrected chi connectivity index (χ3v) is 9.05. The number of unbranched alkanes of at least 4 members (excludes halogenated alkanes) is 4. The second-order valence-electron chi connectivity index (χ2n) is 7.66. The van der Waals surface area contributed by atoms with Crippen LogP contribution in [0, 0.1) is 11.8 Å². The van der Waals surface area contributed by atoms with E-state index in [4.69, 9.17) is 10.2 Å². The van der Waals surface area contributed by atoms with Crippen molar-refractivity contribution in [3.8, 4) is 0 Å². The summed E-state index contributed by atoms with van der Waals surface area (Å²) in [5, 5.41) is 17.5. The fraction of sp³-hybridized carbons (Fsp3) is 1.00. The standard InChI is InChI=1S/2C8H18O.2C4H9.Sn/c2*1-3-5-6-8(4-2)7-9;2*1-3-4-2;/h2*8-9H,3-7H2,1-2H3;2*1,3-4H2,2H3;. The fourth-order valence-corrected chi connectivity index (χ4v) is 6.72. The average Bonchev–Trinajstić information content (AvgIpc) is 2.71. The molecule has 0 aliphatic carbocycles. The topological polar surface area (TPSA) is 40.5 Å². The third-order valence-electron chi connectivity index (χ3n) is 5.02. The van der Waals surface area contributed by atoms with Gasteiger partial charge in [-0.1, -0.05) is 66.2 Å². The summed E-state index contributed by atoms with van der Waals surface area (Å²) in [4.78, 5) is 0. The van der Waals surface area contributed by atoms with E-state index in [-0.39, 0.29) is 21.1 Å². The van der Waals surface area contributed by atoms with Gasteiger partial charge in [-0.3, -0.25) is 0 Å². The molecule has 0 aliphatic heterocycles. The third kappa shape index (κ3) is 31.6. The van der Waals surface area contributed by atoms with Gasteiger partial charge in [-0.05, 0) is 24.7 Å². The molecule has 0 rings (SSSR count). The molecule has 0 saturated heterocycles. The van der Waals surface area contributed by atoms with Crippen LogP contribution in [-0.4, -0.2) is 44.6 Å². The molecule has 0 aromatic heterocycles. The maximum absolute atomic E-state index is 8.75. The average molecular weight is 493 g/mol. The zero-order valence-corrected chi connectivity index (χ0v) is 22.7. The molecule has 0 aliphatic rings. The van der Waals surface area contributed by atoms with Crippen LogP contribution in [0.2, 0.25) is 8.87 Å². The molecule has 2 N–H and O–H groups in total. The van der Waals surface area contributed by atoms with Crippen molar-refractivity contribution in [2.45, 2.75) is 127 Å². The molecule has 27 heavy (non-hydrogen) atoms. The van der Waals surface area contributed by atoms with Crippen LogP contribution in [0.4, 0.5) is 0 Å². The molecule has 0 amide bonds. The van der Waals surface area contributed by atoms with Crippen molar-refractivity contribution >= 4 is 21.1 Å². The molecule has 3 heteroatoms. The van der Waals surface area contributed by atoms with Crippen LogP contribution in [0.3, 0.4) is 0 Å². The van der Waals surface area contributed by atoms with E-state index in [1.54, 1.807) is 8.87 Å². The Labute approximate surface area is 183 Å². The molecule has 0 spiro atoms. The zero-order valence-electron chi connectivity index (χ0n) is 19.9. The predicted octanol–water partition coefficient (Wildman–Crippen LogP) is 7.52. The summed E-state index contributed by atoms with van der Waals surface area (Å²) in [6, 6.07) is 0. The summed E-state index contributed by atoms with van der Waals surface area (Å²) >= 11 is 0.149. The number of rotatable bonds is 16. The van der Waals surface area contributed by atoms with E-state index in [0.717, 1.165) is 12.8 Å². The van der Waals surface area contributed by atoms with Crippen molar-refractivity contribution in [1.82, 2.24) is 0 Å². The molecule has 2 unspecified atom stereocenters. The van der Waals surface area contributed by atoms with Gasteiger partial charge in [0.25, 0.3) is 0 Å². The predicted molar refractivity (Wildman–Crippen MR) is 126 cm³/mol. The van der Waals surface area contributed by atoms with Crippen molar-refractivity contribution in [3.63, 3.8) is 0 Å². The summed E-state index contributed by atoms with van der Waals surface area (Å²) in [6.07, 6.45) is 15.5. The van der Waals surface area contributed by atoms with Crippen LogP contribution in [0.25, 0.3) is 0 Å². The van der Waals surface area contributed by atoms with Crippen LogP contribution in [-0.2, 0) is 0 Å². The minimum absolute atomic E-state index is 0.149. The Kier molecular flexibility index (Phi) is 37.7. The normalized spacial score (nSPS) is 12.4. The first-order chi connectivity index (χ1) is 13.1. The summed E-state index contributed by atoms with van der Waals surface area (Å²) < 4.78 is 3.25. The van der Waals surface area contributed by atoms with Gasteiger partial charge in [-0.25, -0.2) is 0 Å². The Balaban J connectivity index is -0.000000320. The number of aliphatic hydroxyl groups is 2. The Bertz CT molecular complexity index is 194. The van der Waals surface area contributed by atoms with Crippen LogP contribution in [0.5, 0.6) is 0 Å². The van der Waals surface area contributed by atoms with Crippen molar-refractivity contribution < 1.29 is 10.2 Å². The monoisotopic (exact) mass is 494 g/mol. The van der Waals surface area contributed by atoms with Gasteiger partial charge < -0.3 is 10.2 Å². The molecular formula is C24H54O2Sn. The Morgan fingerprint density at radius 2 is 0.889 bits per heavy atom. The van der Waals surface area contributed by atoms with Gasteiger partial charge in [-0.2, -0.15) is 0 Å². The summed E-state index contributed by atoms with van der Waals surface area (Å²) in [7, 11) is 0. The molecule has 0 bridgehead atoms. The van der Waals surface area contributed by atoms with Crippen molar-refractivity contribution in [3.05, 3.63) is 0 Å². The molecule has 0 heterocycles. The Morgan fingerprint density at radius 3 is 1.11 bits per heavy atom. The Hall–Kier alpha value is 0.719. The minimum atomic E-state index is 0.149. The summed E-state index contributed by atoms with van der Waals surface area (Å²) in [5.41, 5.74) is 0. The molecule has 0 fully saturated rings. The van der Waals surface area contributed by atoms with Gasteiger partial charge in [-0.15, -0.1) is 0 Å². The number of hydrogen-bond acceptors (Lipinski definition) is 2. The van der Waals surface area contributed by atoms with Gasteiger partial charge in [0.1, 0.15) is 0 Å². The summed E-state index contributed by atoms with van der Waals surface area (Å²) in [6.45, 7) is 14.0. The number of hydrogen-bond donors (Lipinski definition) is 2. The first kappa shape index (κ1) is 32.4. The van der Waals surface area contributed by atoms with Gasteiger partial charge in [0, 0.05) is 13.2 Å². The van der Waals surface area contributed by atoms with Crippen molar-refractivity contribution in [1.29, 1.82) is 0 Å². The van der Waals surface area contributed by atoms with E-state index >= 15 is 0 Å². The number of aliphatic hydroxyl groups excluding tert-OH is 2. The van der Waals surface area contributed by atoms with E-state index in [0.29, 0.717) is 25.0 Å².